The first-order valence-corrected chi connectivity index (χ1v) is 6.10. The fourth-order valence-electron chi connectivity index (χ4n) is 2.18. The Kier molecular flexibility index (Phi) is 4.13. The van der Waals surface area contributed by atoms with E-state index in [-0.39, 0.29) is 23.1 Å². The Morgan fingerprint density at radius 1 is 1.05 bits per heavy atom. The van der Waals surface area contributed by atoms with Crippen molar-refractivity contribution in [2.75, 3.05) is 6.54 Å². The predicted octanol–water partition coefficient (Wildman–Crippen LogP) is 3.00. The van der Waals surface area contributed by atoms with Gasteiger partial charge in [0.2, 0.25) is 6.54 Å². The molecular weight excluding hydrogens is 242 g/mol. The molecule has 0 saturated carbocycles. The summed E-state index contributed by atoms with van der Waals surface area (Å²) in [5.41, 5.74) is 1.65. The Morgan fingerprint density at radius 2 is 1.68 bits per heavy atom. The normalized spacial score (nSPS) is 12.0. The fraction of sp³-hybridized carbons (Fsp3) is 0.200. The molecule has 0 aliphatic heterocycles. The highest BCUT2D eigenvalue weighted by atomic mass is 16.6. The topological polar surface area (TPSA) is 63.4 Å². The van der Waals surface area contributed by atoms with Crippen molar-refractivity contribution in [2.24, 2.45) is 0 Å². The van der Waals surface area contributed by atoms with Gasteiger partial charge in [-0.15, -0.1) is 0 Å². The number of phenolic OH excluding ortho intramolecular Hbond substituents is 1. The summed E-state index contributed by atoms with van der Waals surface area (Å²) in [6, 6.07) is 16.4. The van der Waals surface area contributed by atoms with Crippen molar-refractivity contribution in [3.8, 4) is 5.75 Å². The van der Waals surface area contributed by atoms with Gasteiger partial charge in [0.15, 0.2) is 0 Å². The maximum Gasteiger partial charge on any atom is 0.211 e. The van der Waals surface area contributed by atoms with Gasteiger partial charge in [-0.3, -0.25) is 10.1 Å². The number of nitrogens with zero attached hydrogens (tertiary/aromatic N) is 1. The van der Waals surface area contributed by atoms with E-state index >= 15 is 0 Å². The van der Waals surface area contributed by atoms with Crippen LogP contribution in [-0.2, 0) is 6.42 Å². The fourth-order valence-corrected chi connectivity index (χ4v) is 2.18. The SMILES string of the molecule is O=[N+]([O-])CC(Cc1ccccc1)c1ccccc1O. The molecule has 0 aliphatic carbocycles. The van der Waals surface area contributed by atoms with E-state index in [4.69, 9.17) is 0 Å². The van der Waals surface area contributed by atoms with Crippen molar-refractivity contribution < 1.29 is 10.0 Å². The van der Waals surface area contributed by atoms with E-state index in [2.05, 4.69) is 0 Å². The Hall–Kier alpha value is -2.36. The van der Waals surface area contributed by atoms with Crippen molar-refractivity contribution >= 4 is 0 Å². The molecule has 1 N–H and O–H groups in total. The highest BCUT2D eigenvalue weighted by Crippen LogP contribution is 2.28. The van der Waals surface area contributed by atoms with Crippen LogP contribution >= 0.6 is 0 Å². The molecule has 0 aromatic heterocycles. The Bertz CT molecular complexity index is 554. The summed E-state index contributed by atoms with van der Waals surface area (Å²) in [6.45, 7) is -0.188. The van der Waals surface area contributed by atoms with Gasteiger partial charge >= 0.3 is 0 Å². The van der Waals surface area contributed by atoms with Crippen molar-refractivity contribution in [3.05, 3.63) is 75.8 Å². The molecule has 0 heterocycles. The molecule has 0 fully saturated rings. The molecule has 2 rings (SSSR count). The highest BCUT2D eigenvalue weighted by molar-refractivity contribution is 5.36. The summed E-state index contributed by atoms with van der Waals surface area (Å²) in [5.74, 6) is -0.205. The van der Waals surface area contributed by atoms with Gasteiger partial charge in [-0.05, 0) is 18.1 Å². The van der Waals surface area contributed by atoms with Crippen molar-refractivity contribution in [2.45, 2.75) is 12.3 Å². The number of benzene rings is 2. The lowest BCUT2D eigenvalue weighted by Gasteiger charge is -2.14. The third-order valence-electron chi connectivity index (χ3n) is 3.07. The summed E-state index contributed by atoms with van der Waals surface area (Å²) in [6.07, 6.45) is 0.541. The summed E-state index contributed by atoms with van der Waals surface area (Å²) in [4.78, 5) is 10.5. The lowest BCUT2D eigenvalue weighted by atomic mass is 9.91. The quantitative estimate of drug-likeness (QED) is 0.661. The smallest absolute Gasteiger partial charge is 0.211 e. The van der Waals surface area contributed by atoms with Crippen LogP contribution in [0.5, 0.6) is 5.75 Å². The van der Waals surface area contributed by atoms with E-state index in [0.29, 0.717) is 12.0 Å². The van der Waals surface area contributed by atoms with Gasteiger partial charge in [-0.25, -0.2) is 0 Å². The van der Waals surface area contributed by atoms with Crippen LogP contribution in [0.1, 0.15) is 17.0 Å². The first kappa shape index (κ1) is 13.1. The van der Waals surface area contributed by atoms with E-state index in [1.807, 2.05) is 30.3 Å². The minimum absolute atomic E-state index is 0.116. The number of aromatic hydroxyl groups is 1. The highest BCUT2D eigenvalue weighted by Gasteiger charge is 2.21. The number of nitro groups is 1. The molecule has 98 valence electrons. The van der Waals surface area contributed by atoms with Gasteiger partial charge in [0.25, 0.3) is 0 Å². The van der Waals surface area contributed by atoms with Gasteiger partial charge in [0.1, 0.15) is 5.75 Å². The van der Waals surface area contributed by atoms with Crippen molar-refractivity contribution in [1.82, 2.24) is 0 Å². The lowest BCUT2D eigenvalue weighted by Crippen LogP contribution is -2.15. The third kappa shape index (κ3) is 3.55. The minimum Gasteiger partial charge on any atom is -0.508 e. The van der Waals surface area contributed by atoms with Crippen molar-refractivity contribution in [1.29, 1.82) is 0 Å². The van der Waals surface area contributed by atoms with Gasteiger partial charge in [-0.2, -0.15) is 0 Å². The molecule has 1 unspecified atom stereocenters. The molecule has 0 aliphatic rings. The van der Waals surface area contributed by atoms with E-state index in [9.17, 15) is 15.2 Å². The van der Waals surface area contributed by atoms with Gasteiger partial charge in [-0.1, -0.05) is 48.5 Å². The predicted molar refractivity (Wildman–Crippen MR) is 72.9 cm³/mol. The maximum absolute atomic E-state index is 10.8. The van der Waals surface area contributed by atoms with Crippen molar-refractivity contribution in [3.63, 3.8) is 0 Å². The van der Waals surface area contributed by atoms with Crippen LogP contribution < -0.4 is 0 Å². The average molecular weight is 257 g/mol. The second-order valence-corrected chi connectivity index (χ2v) is 4.46. The molecule has 2 aromatic rings. The molecule has 1 atom stereocenters. The first-order chi connectivity index (χ1) is 9.16. The van der Waals surface area contributed by atoms with Gasteiger partial charge in [0, 0.05) is 10.5 Å². The summed E-state index contributed by atoms with van der Waals surface area (Å²) < 4.78 is 0. The number of hydrogen-bond donors (Lipinski definition) is 1. The lowest BCUT2D eigenvalue weighted by molar-refractivity contribution is -0.483. The number of rotatable bonds is 5. The molecule has 0 radical (unpaired) electrons. The Morgan fingerprint density at radius 3 is 2.32 bits per heavy atom. The molecule has 2 aromatic carbocycles. The molecular formula is C15H15NO3. The maximum atomic E-state index is 10.8. The van der Waals surface area contributed by atoms with Crippen LogP contribution in [0, 0.1) is 10.1 Å². The largest absolute Gasteiger partial charge is 0.508 e. The zero-order valence-corrected chi connectivity index (χ0v) is 10.4. The van der Waals surface area contributed by atoms with E-state index in [1.54, 1.807) is 24.3 Å². The van der Waals surface area contributed by atoms with Crippen LogP contribution in [0.4, 0.5) is 0 Å². The molecule has 0 amide bonds. The van der Waals surface area contributed by atoms with Crippen LogP contribution in [0.15, 0.2) is 54.6 Å². The zero-order chi connectivity index (χ0) is 13.7. The Balaban J connectivity index is 2.26. The van der Waals surface area contributed by atoms with Gasteiger partial charge < -0.3 is 5.11 Å². The minimum atomic E-state index is -0.333. The first-order valence-electron chi connectivity index (χ1n) is 6.10. The molecule has 0 saturated heterocycles. The van der Waals surface area contributed by atoms with Crippen LogP contribution in [0.2, 0.25) is 0 Å². The summed E-state index contributed by atoms with van der Waals surface area (Å²) in [7, 11) is 0. The standard InChI is InChI=1S/C15H15NO3/c17-15-9-5-4-8-14(15)13(11-16(18)19)10-12-6-2-1-3-7-12/h1-9,13,17H,10-11H2. The van der Waals surface area contributed by atoms with E-state index in [0.717, 1.165) is 5.56 Å². The average Bonchev–Trinajstić information content (AvgIpc) is 2.39. The van der Waals surface area contributed by atoms with Crippen LogP contribution in [-0.4, -0.2) is 16.6 Å². The number of phenols is 1. The molecule has 4 heteroatoms. The Labute approximate surface area is 111 Å². The molecule has 0 bridgehead atoms. The second-order valence-electron chi connectivity index (χ2n) is 4.46. The van der Waals surface area contributed by atoms with Crippen LogP contribution in [0.25, 0.3) is 0 Å². The van der Waals surface area contributed by atoms with E-state index in [1.165, 1.54) is 0 Å². The summed E-state index contributed by atoms with van der Waals surface area (Å²) >= 11 is 0. The molecule has 19 heavy (non-hydrogen) atoms. The molecule has 0 spiro atoms. The third-order valence-corrected chi connectivity index (χ3v) is 3.07. The number of para-hydroxylation sites is 1. The van der Waals surface area contributed by atoms with E-state index < -0.39 is 0 Å². The second kappa shape index (κ2) is 6.00. The summed E-state index contributed by atoms with van der Waals surface area (Å²) in [5, 5.41) is 20.7. The zero-order valence-electron chi connectivity index (χ0n) is 10.4. The monoisotopic (exact) mass is 257 g/mol. The van der Waals surface area contributed by atoms with Crippen LogP contribution in [0.3, 0.4) is 0 Å². The molecule has 4 nitrogen and oxygen atoms in total. The number of hydrogen-bond acceptors (Lipinski definition) is 3. The van der Waals surface area contributed by atoms with Gasteiger partial charge in [0.05, 0.1) is 5.92 Å².